The second kappa shape index (κ2) is 58.6. The van der Waals surface area contributed by atoms with Crippen molar-refractivity contribution >= 4 is 17.9 Å². The molecule has 0 aliphatic carbocycles. The van der Waals surface area contributed by atoms with Crippen molar-refractivity contribution in [3.05, 3.63) is 85.1 Å². The number of quaternary nitrogens is 1. The highest BCUT2D eigenvalue weighted by atomic mass is 16.7. The van der Waals surface area contributed by atoms with Crippen LogP contribution in [0.25, 0.3) is 0 Å². The Morgan fingerprint density at radius 3 is 1.12 bits per heavy atom. The smallest absolute Gasteiger partial charge is 0.306 e. The van der Waals surface area contributed by atoms with Gasteiger partial charge in [0.15, 0.2) is 12.4 Å². The first-order chi connectivity index (χ1) is 37.6. The van der Waals surface area contributed by atoms with E-state index >= 15 is 0 Å². The predicted octanol–water partition coefficient (Wildman–Crippen LogP) is 17.8. The summed E-state index contributed by atoms with van der Waals surface area (Å²) in [5.41, 5.74) is 0. The third-order valence-corrected chi connectivity index (χ3v) is 13.6. The molecule has 0 heterocycles. The van der Waals surface area contributed by atoms with E-state index in [0.717, 1.165) is 83.5 Å². The second-order valence-electron chi connectivity index (χ2n) is 22.3. The number of allylic oxidation sites excluding steroid dienone is 14. The van der Waals surface area contributed by atoms with E-state index < -0.39 is 24.3 Å². The van der Waals surface area contributed by atoms with Crippen molar-refractivity contribution < 1.29 is 42.9 Å². The number of esters is 2. The molecule has 0 saturated heterocycles. The Kier molecular flexibility index (Phi) is 55.9. The van der Waals surface area contributed by atoms with Crippen molar-refractivity contribution in [2.75, 3.05) is 47.5 Å². The molecular formula is C68H119NO8. The number of carbonyl (C=O) groups excluding carboxylic acids is 3. The largest absolute Gasteiger partial charge is 0.545 e. The summed E-state index contributed by atoms with van der Waals surface area (Å²) in [6.07, 6.45) is 74.9. The highest BCUT2D eigenvalue weighted by Gasteiger charge is 2.22. The lowest BCUT2D eigenvalue weighted by Crippen LogP contribution is -2.44. The summed E-state index contributed by atoms with van der Waals surface area (Å²) in [5.74, 6) is -2.29. The summed E-state index contributed by atoms with van der Waals surface area (Å²) in [5, 5.41) is 11.8. The molecule has 0 aliphatic rings. The molecule has 0 spiro atoms. The van der Waals surface area contributed by atoms with E-state index in [1.54, 1.807) is 0 Å². The van der Waals surface area contributed by atoms with Crippen molar-refractivity contribution in [3.63, 3.8) is 0 Å². The fourth-order valence-corrected chi connectivity index (χ4v) is 8.77. The molecule has 0 rings (SSSR count). The zero-order valence-electron chi connectivity index (χ0n) is 50.6. The van der Waals surface area contributed by atoms with Crippen LogP contribution in [0.5, 0.6) is 0 Å². The number of nitrogens with zero attached hydrogens (tertiary/aromatic N) is 1. The van der Waals surface area contributed by atoms with E-state index in [9.17, 15) is 19.5 Å². The maximum Gasteiger partial charge on any atom is 0.306 e. The Morgan fingerprint density at radius 2 is 0.740 bits per heavy atom. The number of likely N-dealkylation sites (N-methyl/N-ethyl adjacent to an activating group) is 1. The fourth-order valence-electron chi connectivity index (χ4n) is 8.77. The molecule has 9 heteroatoms. The normalized spacial score (nSPS) is 13.3. The SMILES string of the molecule is CC/C=C\C/C=C\C/C=C\C/C=C\C/C=C\C/C=C\CCCCCCCCCCC(=O)OC(COC(=O)CCCCCCCCCCCCCCC/C=C\CCCCCCCCCC)COC(OCC[N+](C)(C)C)C(=O)[O-]. The topological polar surface area (TPSA) is 111 Å². The van der Waals surface area contributed by atoms with Gasteiger partial charge in [-0.3, -0.25) is 9.59 Å². The number of carbonyl (C=O) groups is 3. The van der Waals surface area contributed by atoms with Crippen molar-refractivity contribution in [3.8, 4) is 0 Å². The van der Waals surface area contributed by atoms with Gasteiger partial charge >= 0.3 is 11.9 Å². The van der Waals surface area contributed by atoms with Crippen LogP contribution in [-0.4, -0.2) is 82.3 Å². The maximum absolute atomic E-state index is 12.9. The number of carboxylic acids is 1. The van der Waals surface area contributed by atoms with Crippen molar-refractivity contribution in [1.29, 1.82) is 0 Å². The van der Waals surface area contributed by atoms with Gasteiger partial charge in [0.05, 0.1) is 40.3 Å². The second-order valence-corrected chi connectivity index (χ2v) is 22.3. The molecule has 0 N–H and O–H groups in total. The maximum atomic E-state index is 12.9. The standard InChI is InChI=1S/C68H119NO8/c1-6-8-10-12-14-16-18-20-22-24-26-28-30-32-33-35-37-39-41-43-45-47-49-51-53-55-57-59-66(71)77-64(63-76-68(67(72)73)74-61-60-69(3,4)5)62-75-65(70)58-56-54-52-50-48-46-44-42-40-38-36-34-31-29-27-25-23-21-19-17-15-13-11-9-7-2/h8,10,14,16,20,22,25-28,32-33,37,39,64,68H,6-7,9,11-13,15,17-19,21,23-24,29-31,34-36,38,40-63H2,1-5H3/b10-8-,16-14-,22-20-,27-25-,28-26-,33-32-,39-37-. The summed E-state index contributed by atoms with van der Waals surface area (Å²) >= 11 is 0. The van der Waals surface area contributed by atoms with Gasteiger partial charge in [-0.25, -0.2) is 0 Å². The number of hydrogen-bond donors (Lipinski definition) is 0. The molecule has 77 heavy (non-hydrogen) atoms. The van der Waals surface area contributed by atoms with Crippen LogP contribution in [0.4, 0.5) is 0 Å². The Balaban J connectivity index is 4.22. The summed E-state index contributed by atoms with van der Waals surface area (Å²) < 4.78 is 22.7. The lowest BCUT2D eigenvalue weighted by molar-refractivity contribution is -0.870. The van der Waals surface area contributed by atoms with E-state index in [1.807, 2.05) is 21.1 Å². The molecule has 0 radical (unpaired) electrons. The molecule has 0 amide bonds. The molecule has 0 aromatic carbocycles. The predicted molar refractivity (Wildman–Crippen MR) is 324 cm³/mol. The Hall–Kier alpha value is -3.53. The molecule has 2 atom stereocenters. The van der Waals surface area contributed by atoms with Crippen LogP contribution in [0, 0.1) is 0 Å². The molecular weight excluding hydrogens is 959 g/mol. The fraction of sp³-hybridized carbons (Fsp3) is 0.750. The van der Waals surface area contributed by atoms with Crippen LogP contribution < -0.4 is 5.11 Å². The number of carboxylic acid groups (broad SMARTS) is 1. The van der Waals surface area contributed by atoms with Crippen molar-refractivity contribution in [2.45, 2.75) is 283 Å². The van der Waals surface area contributed by atoms with Crippen LogP contribution in [0.3, 0.4) is 0 Å². The van der Waals surface area contributed by atoms with E-state index in [0.29, 0.717) is 17.4 Å². The molecule has 0 aromatic heterocycles. The first-order valence-corrected chi connectivity index (χ1v) is 31.7. The third kappa shape index (κ3) is 60.0. The van der Waals surface area contributed by atoms with Crippen molar-refractivity contribution in [1.82, 2.24) is 0 Å². The summed E-state index contributed by atoms with van der Waals surface area (Å²) in [6.45, 7) is 4.64. The van der Waals surface area contributed by atoms with Crippen LogP contribution in [-0.2, 0) is 33.3 Å². The van der Waals surface area contributed by atoms with Gasteiger partial charge in [0.2, 0.25) is 0 Å². The minimum Gasteiger partial charge on any atom is -0.545 e. The van der Waals surface area contributed by atoms with Crippen LogP contribution in [0.15, 0.2) is 85.1 Å². The molecule has 444 valence electrons. The average molecular weight is 1080 g/mol. The van der Waals surface area contributed by atoms with E-state index in [4.69, 9.17) is 18.9 Å². The highest BCUT2D eigenvalue weighted by molar-refractivity contribution is 5.70. The van der Waals surface area contributed by atoms with Gasteiger partial charge in [0, 0.05) is 12.8 Å². The Morgan fingerprint density at radius 1 is 0.403 bits per heavy atom. The van der Waals surface area contributed by atoms with Crippen LogP contribution in [0.2, 0.25) is 0 Å². The van der Waals surface area contributed by atoms with Gasteiger partial charge in [0.25, 0.3) is 0 Å². The molecule has 0 aliphatic heterocycles. The summed E-state index contributed by atoms with van der Waals surface area (Å²) in [6, 6.07) is 0. The molecule has 0 saturated carbocycles. The first kappa shape index (κ1) is 73.5. The van der Waals surface area contributed by atoms with E-state index in [-0.39, 0.29) is 38.6 Å². The number of rotatable bonds is 58. The molecule has 2 unspecified atom stereocenters. The number of aliphatic carboxylic acids is 1. The number of ether oxygens (including phenoxy) is 4. The van der Waals surface area contributed by atoms with Gasteiger partial charge in [-0.15, -0.1) is 0 Å². The molecule has 9 nitrogen and oxygen atoms in total. The molecule has 0 bridgehead atoms. The van der Waals surface area contributed by atoms with Gasteiger partial charge in [0.1, 0.15) is 13.2 Å². The average Bonchev–Trinajstić information content (AvgIpc) is 3.40. The quantitative estimate of drug-likeness (QED) is 0.0195. The van der Waals surface area contributed by atoms with Crippen molar-refractivity contribution in [2.24, 2.45) is 0 Å². The van der Waals surface area contributed by atoms with Gasteiger partial charge in [-0.05, 0) is 89.9 Å². The molecule has 0 fully saturated rings. The lowest BCUT2D eigenvalue weighted by Gasteiger charge is -2.26. The summed E-state index contributed by atoms with van der Waals surface area (Å²) in [7, 11) is 5.92. The van der Waals surface area contributed by atoms with Gasteiger partial charge in [-0.1, -0.05) is 253 Å². The summed E-state index contributed by atoms with van der Waals surface area (Å²) in [4.78, 5) is 37.4. The van der Waals surface area contributed by atoms with Gasteiger partial charge < -0.3 is 33.3 Å². The van der Waals surface area contributed by atoms with Crippen LogP contribution >= 0.6 is 0 Å². The minimum absolute atomic E-state index is 0.143. The minimum atomic E-state index is -1.63. The highest BCUT2D eigenvalue weighted by Crippen LogP contribution is 2.16. The van der Waals surface area contributed by atoms with Gasteiger partial charge in [-0.2, -0.15) is 0 Å². The molecule has 0 aromatic rings. The van der Waals surface area contributed by atoms with E-state index in [2.05, 4.69) is 98.9 Å². The zero-order chi connectivity index (χ0) is 56.2. The van der Waals surface area contributed by atoms with Crippen LogP contribution in [0.1, 0.15) is 271 Å². The monoisotopic (exact) mass is 1080 g/mol. The third-order valence-electron chi connectivity index (χ3n) is 13.6. The number of hydrogen-bond acceptors (Lipinski definition) is 8. The number of unbranched alkanes of at least 4 members (excludes halogenated alkanes) is 29. The Bertz CT molecular complexity index is 1540. The lowest BCUT2D eigenvalue weighted by atomic mass is 10.0. The van der Waals surface area contributed by atoms with E-state index in [1.165, 1.54) is 154 Å². The zero-order valence-corrected chi connectivity index (χ0v) is 50.6. The Labute approximate surface area is 474 Å². The first-order valence-electron chi connectivity index (χ1n) is 31.7.